The molecule has 7 nitrogen and oxygen atoms in total. The van der Waals surface area contributed by atoms with Crippen molar-refractivity contribution in [3.63, 3.8) is 0 Å². The highest BCUT2D eigenvalue weighted by molar-refractivity contribution is 5.32. The van der Waals surface area contributed by atoms with Crippen LogP contribution in [0.25, 0.3) is 0 Å². The molecule has 0 saturated carbocycles. The normalized spacial score (nSPS) is 16.9. The molecule has 3 aromatic rings. The maximum Gasteiger partial charge on any atom is 0.419 e. The van der Waals surface area contributed by atoms with Gasteiger partial charge in [-0.2, -0.15) is 18.3 Å². The monoisotopic (exact) mass is 488 g/mol. The Morgan fingerprint density at radius 3 is 2.63 bits per heavy atom. The predicted octanol–water partition coefficient (Wildman–Crippen LogP) is 3.37. The van der Waals surface area contributed by atoms with Crippen LogP contribution >= 0.6 is 0 Å². The van der Waals surface area contributed by atoms with E-state index in [1.165, 1.54) is 0 Å². The van der Waals surface area contributed by atoms with Crippen molar-refractivity contribution in [3.8, 4) is 0 Å². The molecule has 3 heterocycles. The summed E-state index contributed by atoms with van der Waals surface area (Å²) in [5, 5.41) is 17.6. The minimum Gasteiger partial charge on any atom is -0.378 e. The molecule has 1 fully saturated rings. The van der Waals surface area contributed by atoms with Gasteiger partial charge in [-0.05, 0) is 55.5 Å². The van der Waals surface area contributed by atoms with Gasteiger partial charge in [0, 0.05) is 24.7 Å². The zero-order valence-corrected chi connectivity index (χ0v) is 19.7. The van der Waals surface area contributed by atoms with Gasteiger partial charge in [0.1, 0.15) is 12.1 Å². The van der Waals surface area contributed by atoms with Crippen molar-refractivity contribution in [1.82, 2.24) is 25.1 Å². The summed E-state index contributed by atoms with van der Waals surface area (Å²) in [7, 11) is 0. The van der Waals surface area contributed by atoms with E-state index >= 15 is 0 Å². The van der Waals surface area contributed by atoms with E-state index in [0.29, 0.717) is 24.7 Å². The lowest BCUT2D eigenvalue weighted by atomic mass is 9.91. The largest absolute Gasteiger partial charge is 0.419 e. The number of hydrogen-bond acceptors (Lipinski definition) is 6. The molecule has 0 spiro atoms. The van der Waals surface area contributed by atoms with E-state index in [0.717, 1.165) is 48.8 Å². The van der Waals surface area contributed by atoms with Gasteiger partial charge in [-0.3, -0.25) is 4.68 Å². The lowest BCUT2D eigenvalue weighted by Crippen LogP contribution is -2.29. The molecule has 1 aliphatic heterocycles. The third kappa shape index (κ3) is 6.25. The highest BCUT2D eigenvalue weighted by Gasteiger charge is 2.35. The SMILES string of the molecule is C[C@H](c1ccccc1CCc1nc(Cc2cnn(C3CCNCC3)c2)ncc1C(F)(F)F)C(N)O. The number of aryl methyl sites for hydroxylation is 2. The first-order chi connectivity index (χ1) is 16.7. The van der Waals surface area contributed by atoms with Crippen LogP contribution in [0.1, 0.15) is 65.5 Å². The van der Waals surface area contributed by atoms with Crippen LogP contribution in [-0.2, 0) is 25.4 Å². The molecule has 1 saturated heterocycles. The average molecular weight is 489 g/mol. The van der Waals surface area contributed by atoms with Gasteiger partial charge in [0.05, 0.1) is 23.5 Å². The van der Waals surface area contributed by atoms with Crippen LogP contribution in [0.15, 0.2) is 42.9 Å². The summed E-state index contributed by atoms with van der Waals surface area (Å²) in [4.78, 5) is 8.35. The van der Waals surface area contributed by atoms with Gasteiger partial charge in [0.15, 0.2) is 0 Å². The minimum absolute atomic E-state index is 0.0380. The summed E-state index contributed by atoms with van der Waals surface area (Å²) in [6.07, 6.45) is 1.66. The molecule has 2 aromatic heterocycles. The fourth-order valence-corrected chi connectivity index (χ4v) is 4.54. The second-order valence-corrected chi connectivity index (χ2v) is 9.11. The maximum absolute atomic E-state index is 13.7. The summed E-state index contributed by atoms with van der Waals surface area (Å²) in [6.45, 7) is 3.67. The number of nitrogens with zero attached hydrogens (tertiary/aromatic N) is 4. The van der Waals surface area contributed by atoms with Crippen molar-refractivity contribution in [3.05, 3.63) is 76.6 Å². The Balaban J connectivity index is 1.54. The summed E-state index contributed by atoms with van der Waals surface area (Å²) in [5.41, 5.74) is 7.30. The lowest BCUT2D eigenvalue weighted by molar-refractivity contribution is -0.138. The van der Waals surface area contributed by atoms with Crippen LogP contribution in [-0.4, -0.2) is 44.2 Å². The van der Waals surface area contributed by atoms with Gasteiger partial charge < -0.3 is 16.2 Å². The molecule has 1 aromatic carbocycles. The number of hydrogen-bond donors (Lipinski definition) is 3. The summed E-state index contributed by atoms with van der Waals surface area (Å²) in [5.74, 6) is -0.0115. The molecule has 10 heteroatoms. The molecular weight excluding hydrogens is 457 g/mol. The third-order valence-electron chi connectivity index (χ3n) is 6.61. The molecule has 0 amide bonds. The van der Waals surface area contributed by atoms with Gasteiger partial charge >= 0.3 is 6.18 Å². The number of nitrogens with two attached hydrogens (primary N) is 1. The van der Waals surface area contributed by atoms with Crippen molar-refractivity contribution in [2.45, 2.75) is 63.4 Å². The van der Waals surface area contributed by atoms with E-state index in [-0.39, 0.29) is 18.0 Å². The first-order valence-electron chi connectivity index (χ1n) is 11.9. The van der Waals surface area contributed by atoms with Gasteiger partial charge in [0.2, 0.25) is 0 Å². The number of aliphatic hydroxyl groups excluding tert-OH is 1. The molecule has 1 aliphatic rings. The molecule has 0 radical (unpaired) electrons. The summed E-state index contributed by atoms with van der Waals surface area (Å²) in [6, 6.07) is 7.66. The third-order valence-corrected chi connectivity index (χ3v) is 6.61. The quantitative estimate of drug-likeness (QED) is 0.420. The smallest absolute Gasteiger partial charge is 0.378 e. The number of halogens is 3. The summed E-state index contributed by atoms with van der Waals surface area (Å²) < 4.78 is 43.1. The van der Waals surface area contributed by atoms with Gasteiger partial charge in [-0.1, -0.05) is 31.2 Å². The second-order valence-electron chi connectivity index (χ2n) is 9.11. The van der Waals surface area contributed by atoms with Crippen molar-refractivity contribution in [1.29, 1.82) is 0 Å². The first kappa shape index (κ1) is 25.3. The van der Waals surface area contributed by atoms with Crippen molar-refractivity contribution in [2.24, 2.45) is 5.73 Å². The Bertz CT molecular complexity index is 1120. The predicted molar refractivity (Wildman–Crippen MR) is 126 cm³/mol. The van der Waals surface area contributed by atoms with E-state index in [2.05, 4.69) is 20.4 Å². The number of nitrogens with one attached hydrogen (secondary N) is 1. The van der Waals surface area contributed by atoms with Crippen LogP contribution < -0.4 is 11.1 Å². The molecule has 0 aliphatic carbocycles. The highest BCUT2D eigenvalue weighted by atomic mass is 19.4. The topological polar surface area (TPSA) is 102 Å². The Morgan fingerprint density at radius 1 is 1.17 bits per heavy atom. The fourth-order valence-electron chi connectivity index (χ4n) is 4.54. The van der Waals surface area contributed by atoms with Crippen molar-refractivity contribution >= 4 is 0 Å². The molecule has 4 N–H and O–H groups in total. The van der Waals surface area contributed by atoms with Crippen LogP contribution in [0.5, 0.6) is 0 Å². The Kier molecular flexibility index (Phi) is 7.83. The lowest BCUT2D eigenvalue weighted by Gasteiger charge is -2.22. The van der Waals surface area contributed by atoms with E-state index < -0.39 is 18.0 Å². The van der Waals surface area contributed by atoms with Crippen molar-refractivity contribution < 1.29 is 18.3 Å². The average Bonchev–Trinajstić information content (AvgIpc) is 3.31. The number of aromatic nitrogens is 4. The Hall–Kier alpha value is -2.82. The van der Waals surface area contributed by atoms with E-state index in [1.807, 2.05) is 35.1 Å². The van der Waals surface area contributed by atoms with Crippen LogP contribution in [0, 0.1) is 0 Å². The molecule has 35 heavy (non-hydrogen) atoms. The number of rotatable bonds is 8. The van der Waals surface area contributed by atoms with Crippen LogP contribution in [0.3, 0.4) is 0 Å². The number of piperidine rings is 1. The molecule has 2 atom stereocenters. The number of benzene rings is 1. The van der Waals surface area contributed by atoms with Crippen molar-refractivity contribution in [2.75, 3.05) is 13.1 Å². The fraction of sp³-hybridized carbons (Fsp3) is 0.480. The summed E-state index contributed by atoms with van der Waals surface area (Å²) >= 11 is 0. The molecule has 1 unspecified atom stereocenters. The van der Waals surface area contributed by atoms with E-state index in [1.54, 1.807) is 13.1 Å². The van der Waals surface area contributed by atoms with E-state index in [4.69, 9.17) is 5.73 Å². The van der Waals surface area contributed by atoms with Gasteiger partial charge in [-0.15, -0.1) is 0 Å². The maximum atomic E-state index is 13.7. The number of alkyl halides is 3. The highest BCUT2D eigenvalue weighted by Crippen LogP contribution is 2.32. The van der Waals surface area contributed by atoms with E-state index in [9.17, 15) is 18.3 Å². The second kappa shape index (κ2) is 10.8. The molecule has 0 bridgehead atoms. The standard InChI is InChI=1S/C25H31F3N6O/c1-16(24(29)35)20-5-3-2-4-18(20)6-7-22-21(25(26,27)28)14-31-23(33-22)12-17-13-32-34(15-17)19-8-10-30-11-9-19/h2-5,13-16,19,24,30,35H,6-12,29H2,1H3/t16-,24?/m1/s1. The zero-order chi connectivity index (χ0) is 25.0. The van der Waals surface area contributed by atoms with Gasteiger partial charge in [-0.25, -0.2) is 9.97 Å². The Morgan fingerprint density at radius 2 is 1.91 bits per heavy atom. The zero-order valence-electron chi connectivity index (χ0n) is 19.7. The Labute approximate surface area is 202 Å². The van der Waals surface area contributed by atoms with Crippen LogP contribution in [0.2, 0.25) is 0 Å². The van der Waals surface area contributed by atoms with Crippen LogP contribution in [0.4, 0.5) is 13.2 Å². The molecule has 4 rings (SSSR count). The van der Waals surface area contributed by atoms with Gasteiger partial charge in [0.25, 0.3) is 0 Å². The minimum atomic E-state index is -4.55. The number of aliphatic hydroxyl groups is 1. The molecular formula is C25H31F3N6O. The first-order valence-corrected chi connectivity index (χ1v) is 11.9. The molecule has 188 valence electrons.